The monoisotopic (exact) mass is 304 g/mol. The first-order chi connectivity index (χ1) is 10.0. The van der Waals surface area contributed by atoms with Crippen LogP contribution in [0.4, 0.5) is 0 Å². The van der Waals surface area contributed by atoms with Crippen LogP contribution in [0.1, 0.15) is 28.1 Å². The molecular formula is C16H20N2O2S. The summed E-state index contributed by atoms with van der Waals surface area (Å²) >= 11 is 1.57. The Balaban J connectivity index is 2.36. The maximum absolute atomic E-state index is 12.0. The molecule has 2 aromatic rings. The lowest BCUT2D eigenvalue weighted by Crippen LogP contribution is -2.44. The van der Waals surface area contributed by atoms with Crippen LogP contribution < -0.4 is 5.73 Å². The van der Waals surface area contributed by atoms with E-state index in [4.69, 9.17) is 5.73 Å². The molecule has 2 rings (SSSR count). The predicted molar refractivity (Wildman–Crippen MR) is 84.7 cm³/mol. The molecule has 1 aromatic heterocycles. The minimum atomic E-state index is -1.04. The molecule has 5 heteroatoms. The van der Waals surface area contributed by atoms with Gasteiger partial charge in [-0.05, 0) is 37.8 Å². The van der Waals surface area contributed by atoms with Gasteiger partial charge in [-0.3, -0.25) is 4.79 Å². The van der Waals surface area contributed by atoms with Gasteiger partial charge in [-0.25, -0.2) is 4.98 Å². The van der Waals surface area contributed by atoms with Gasteiger partial charge < -0.3 is 10.8 Å². The maximum Gasteiger partial charge on any atom is 0.315 e. The van der Waals surface area contributed by atoms with Crippen LogP contribution >= 0.6 is 11.3 Å². The van der Waals surface area contributed by atoms with Gasteiger partial charge in [-0.2, -0.15) is 0 Å². The van der Waals surface area contributed by atoms with Gasteiger partial charge in [0, 0.05) is 11.4 Å². The van der Waals surface area contributed by atoms with Crippen molar-refractivity contribution >= 4 is 17.3 Å². The molecule has 0 bridgehead atoms. The van der Waals surface area contributed by atoms with E-state index in [1.165, 1.54) is 0 Å². The first kappa shape index (κ1) is 15.7. The summed E-state index contributed by atoms with van der Waals surface area (Å²) in [5.74, 6) is -0.860. The van der Waals surface area contributed by atoms with Gasteiger partial charge in [0.1, 0.15) is 5.41 Å². The number of aryl methyl sites for hydroxylation is 3. The average molecular weight is 304 g/mol. The van der Waals surface area contributed by atoms with E-state index in [-0.39, 0.29) is 6.54 Å². The molecule has 1 heterocycles. The molecule has 0 saturated carbocycles. The number of carboxylic acid groups (broad SMARTS) is 1. The smallest absolute Gasteiger partial charge is 0.315 e. The average Bonchev–Trinajstić information content (AvgIpc) is 2.87. The summed E-state index contributed by atoms with van der Waals surface area (Å²) in [6, 6.07) is 7.58. The fraction of sp³-hybridized carbons (Fsp3) is 0.375. The summed E-state index contributed by atoms with van der Waals surface area (Å²) in [5.41, 5.74) is 9.39. The van der Waals surface area contributed by atoms with Crippen molar-refractivity contribution in [3.63, 3.8) is 0 Å². The highest BCUT2D eigenvalue weighted by atomic mass is 32.1. The summed E-state index contributed by atoms with van der Waals surface area (Å²) in [5, 5.41) is 9.81. The van der Waals surface area contributed by atoms with Crippen LogP contribution in [0.3, 0.4) is 0 Å². The van der Waals surface area contributed by atoms with Crippen molar-refractivity contribution in [2.24, 2.45) is 5.73 Å². The third-order valence-corrected chi connectivity index (χ3v) is 5.04. The highest BCUT2D eigenvalue weighted by molar-refractivity contribution is 7.09. The number of carboxylic acids is 1. The Morgan fingerprint density at radius 2 is 2.10 bits per heavy atom. The van der Waals surface area contributed by atoms with Crippen LogP contribution in [0.15, 0.2) is 29.8 Å². The van der Waals surface area contributed by atoms with Crippen molar-refractivity contribution in [1.29, 1.82) is 0 Å². The number of nitrogens with zero attached hydrogens (tertiary/aromatic N) is 1. The Bertz CT molecular complexity index is 639. The van der Waals surface area contributed by atoms with Gasteiger partial charge >= 0.3 is 5.97 Å². The second kappa shape index (κ2) is 6.37. The molecule has 0 aliphatic heterocycles. The molecule has 0 fully saturated rings. The van der Waals surface area contributed by atoms with E-state index in [0.717, 1.165) is 21.7 Å². The molecule has 0 spiro atoms. The second-order valence-electron chi connectivity index (χ2n) is 5.27. The van der Waals surface area contributed by atoms with Gasteiger partial charge in [-0.1, -0.05) is 24.3 Å². The normalized spacial score (nSPS) is 13.9. The SMILES string of the molecule is Cc1ccccc1C(CN)(CCc1scnc1C)C(=O)O. The molecule has 0 aliphatic rings. The Kier molecular flexibility index (Phi) is 4.75. The van der Waals surface area contributed by atoms with Crippen molar-refractivity contribution in [2.75, 3.05) is 6.54 Å². The molecule has 1 unspecified atom stereocenters. The van der Waals surface area contributed by atoms with Crippen LogP contribution in [-0.4, -0.2) is 22.6 Å². The van der Waals surface area contributed by atoms with E-state index < -0.39 is 11.4 Å². The minimum absolute atomic E-state index is 0.0883. The fourth-order valence-electron chi connectivity index (χ4n) is 2.66. The first-order valence-electron chi connectivity index (χ1n) is 6.90. The third kappa shape index (κ3) is 2.99. The van der Waals surface area contributed by atoms with Crippen LogP contribution in [0.5, 0.6) is 0 Å². The van der Waals surface area contributed by atoms with Crippen molar-refractivity contribution in [3.05, 3.63) is 51.5 Å². The summed E-state index contributed by atoms with van der Waals surface area (Å²) in [4.78, 5) is 17.3. The predicted octanol–water partition coefficient (Wildman–Crippen LogP) is 2.67. The molecule has 1 atom stereocenters. The summed E-state index contributed by atoms with van der Waals surface area (Å²) in [7, 11) is 0. The summed E-state index contributed by atoms with van der Waals surface area (Å²) in [6.07, 6.45) is 1.15. The topological polar surface area (TPSA) is 76.2 Å². The number of benzene rings is 1. The standard InChI is InChI=1S/C16H20N2O2S/c1-11-5-3-4-6-13(11)16(9-17,15(19)20)8-7-14-12(2)18-10-21-14/h3-6,10H,7-9,17H2,1-2H3,(H,19,20). The zero-order valence-corrected chi connectivity index (χ0v) is 13.1. The summed E-state index contributed by atoms with van der Waals surface area (Å²) in [6.45, 7) is 3.97. The van der Waals surface area contributed by atoms with E-state index >= 15 is 0 Å². The molecular weight excluding hydrogens is 284 g/mol. The number of hydrogen-bond donors (Lipinski definition) is 2. The van der Waals surface area contributed by atoms with E-state index in [1.54, 1.807) is 16.8 Å². The zero-order chi connectivity index (χ0) is 15.5. The van der Waals surface area contributed by atoms with E-state index in [1.807, 2.05) is 38.1 Å². The molecule has 112 valence electrons. The minimum Gasteiger partial charge on any atom is -0.481 e. The third-order valence-electron chi connectivity index (χ3n) is 4.04. The highest BCUT2D eigenvalue weighted by Crippen LogP contribution is 2.32. The van der Waals surface area contributed by atoms with Crippen molar-refractivity contribution in [1.82, 2.24) is 4.98 Å². The second-order valence-corrected chi connectivity index (χ2v) is 6.21. The number of aromatic nitrogens is 1. The molecule has 0 aliphatic carbocycles. The number of thiazole rings is 1. The highest BCUT2D eigenvalue weighted by Gasteiger charge is 2.39. The largest absolute Gasteiger partial charge is 0.481 e. The number of nitrogens with two attached hydrogens (primary N) is 1. The molecule has 0 saturated heterocycles. The summed E-state index contributed by atoms with van der Waals surface area (Å²) < 4.78 is 0. The van der Waals surface area contributed by atoms with Gasteiger partial charge in [0.15, 0.2) is 0 Å². The Morgan fingerprint density at radius 3 is 2.62 bits per heavy atom. The number of rotatable bonds is 6. The van der Waals surface area contributed by atoms with Gasteiger partial charge in [0.05, 0.1) is 11.2 Å². The number of hydrogen-bond acceptors (Lipinski definition) is 4. The Hall–Kier alpha value is -1.72. The Morgan fingerprint density at radius 1 is 1.38 bits per heavy atom. The molecule has 3 N–H and O–H groups in total. The van der Waals surface area contributed by atoms with Crippen LogP contribution in [-0.2, 0) is 16.6 Å². The first-order valence-corrected chi connectivity index (χ1v) is 7.78. The molecule has 1 aromatic carbocycles. The Labute approximate surface area is 128 Å². The number of aliphatic carboxylic acids is 1. The van der Waals surface area contributed by atoms with Crippen LogP contribution in [0.2, 0.25) is 0 Å². The fourth-order valence-corrected chi connectivity index (χ4v) is 3.44. The van der Waals surface area contributed by atoms with Gasteiger partial charge in [0.2, 0.25) is 0 Å². The molecule has 0 amide bonds. The zero-order valence-electron chi connectivity index (χ0n) is 12.3. The maximum atomic E-state index is 12.0. The van der Waals surface area contributed by atoms with Crippen molar-refractivity contribution in [2.45, 2.75) is 32.1 Å². The van der Waals surface area contributed by atoms with E-state index in [9.17, 15) is 9.90 Å². The molecule has 4 nitrogen and oxygen atoms in total. The lowest BCUT2D eigenvalue weighted by Gasteiger charge is -2.30. The van der Waals surface area contributed by atoms with Gasteiger partial charge in [0.25, 0.3) is 0 Å². The van der Waals surface area contributed by atoms with E-state index in [2.05, 4.69) is 4.98 Å². The lowest BCUT2D eigenvalue weighted by molar-refractivity contribution is -0.143. The van der Waals surface area contributed by atoms with Crippen molar-refractivity contribution in [3.8, 4) is 0 Å². The lowest BCUT2D eigenvalue weighted by atomic mass is 9.74. The quantitative estimate of drug-likeness (QED) is 0.860. The molecule has 0 radical (unpaired) electrons. The van der Waals surface area contributed by atoms with Crippen molar-refractivity contribution < 1.29 is 9.90 Å². The molecule has 21 heavy (non-hydrogen) atoms. The van der Waals surface area contributed by atoms with Crippen LogP contribution in [0, 0.1) is 13.8 Å². The van der Waals surface area contributed by atoms with Crippen LogP contribution in [0.25, 0.3) is 0 Å². The number of carbonyl (C=O) groups is 1. The van der Waals surface area contributed by atoms with Gasteiger partial charge in [-0.15, -0.1) is 11.3 Å². The van der Waals surface area contributed by atoms with E-state index in [0.29, 0.717) is 12.8 Å².